The third kappa shape index (κ3) is 2.89. The Morgan fingerprint density at radius 2 is 1.61 bits per heavy atom. The van der Waals surface area contributed by atoms with Crippen LogP contribution in [-0.4, -0.2) is 68.1 Å². The van der Waals surface area contributed by atoms with Crippen molar-refractivity contribution in [1.82, 2.24) is 15.3 Å². The molecule has 0 bridgehead atoms. The maximum absolute atomic E-state index is 10.5. The standard InChI is InChI=1S/C17H17Cl2N5O4/c18-7-3-9-10(4-8(7)19)21-16-15(20-9)23-17(24-16,22-6-1-2-6)14-13(27)12(26)11(5-25)28-14/h3-4,6,11-14,22,25-27H,1-2,5H2. The molecule has 4 unspecified atom stereocenters. The molecule has 2 aromatic rings. The Morgan fingerprint density at radius 3 is 2.07 bits per heavy atom. The molecule has 28 heavy (non-hydrogen) atoms. The third-order valence-electron chi connectivity index (χ3n) is 5.16. The molecule has 0 spiro atoms. The molecule has 1 saturated carbocycles. The van der Waals surface area contributed by atoms with Crippen molar-refractivity contribution in [2.45, 2.75) is 49.1 Å². The lowest BCUT2D eigenvalue weighted by Gasteiger charge is -2.31. The Kier molecular flexibility index (Phi) is 4.33. The number of hydrogen-bond acceptors (Lipinski definition) is 9. The lowest BCUT2D eigenvalue weighted by atomic mass is 10.0. The van der Waals surface area contributed by atoms with Crippen LogP contribution < -0.4 is 16.3 Å². The van der Waals surface area contributed by atoms with Gasteiger partial charge < -0.3 is 20.1 Å². The lowest BCUT2D eigenvalue weighted by Crippen LogP contribution is -2.56. The van der Waals surface area contributed by atoms with Crippen LogP contribution in [0.1, 0.15) is 12.8 Å². The summed E-state index contributed by atoms with van der Waals surface area (Å²) >= 11 is 12.1. The van der Waals surface area contributed by atoms with Gasteiger partial charge in [0.1, 0.15) is 24.4 Å². The number of aromatic nitrogens is 2. The van der Waals surface area contributed by atoms with Crippen molar-refractivity contribution in [2.24, 2.45) is 9.98 Å². The van der Waals surface area contributed by atoms with E-state index >= 15 is 0 Å². The fraction of sp³-hybridized carbons (Fsp3) is 0.529. The van der Waals surface area contributed by atoms with Gasteiger partial charge in [-0.2, -0.15) is 0 Å². The van der Waals surface area contributed by atoms with Crippen LogP contribution in [0.2, 0.25) is 10.0 Å². The molecular weight excluding hydrogens is 409 g/mol. The average Bonchev–Trinajstić information content (AvgIpc) is 3.32. The van der Waals surface area contributed by atoms with Crippen LogP contribution >= 0.6 is 23.2 Å². The summed E-state index contributed by atoms with van der Waals surface area (Å²) in [5.74, 6) is -1.39. The minimum Gasteiger partial charge on any atom is -0.394 e. The zero-order valence-electron chi connectivity index (χ0n) is 14.5. The second-order valence-corrected chi connectivity index (χ2v) is 8.07. The zero-order valence-corrected chi connectivity index (χ0v) is 16.0. The number of benzene rings is 1. The van der Waals surface area contributed by atoms with Gasteiger partial charge in [-0.3, -0.25) is 5.32 Å². The molecule has 1 saturated heterocycles. The number of rotatable bonds is 4. The van der Waals surface area contributed by atoms with Crippen molar-refractivity contribution >= 4 is 34.2 Å². The van der Waals surface area contributed by atoms with Gasteiger partial charge in [-0.25, -0.2) is 20.0 Å². The molecule has 1 aliphatic carbocycles. The van der Waals surface area contributed by atoms with Crippen molar-refractivity contribution in [2.75, 3.05) is 6.61 Å². The smallest absolute Gasteiger partial charge is 0.238 e. The van der Waals surface area contributed by atoms with Gasteiger partial charge in [0.25, 0.3) is 0 Å². The van der Waals surface area contributed by atoms with Gasteiger partial charge in [-0.05, 0) is 25.0 Å². The Morgan fingerprint density at radius 1 is 1.04 bits per heavy atom. The van der Waals surface area contributed by atoms with Crippen LogP contribution in [-0.2, 0) is 4.74 Å². The van der Waals surface area contributed by atoms with Gasteiger partial charge in [-0.15, -0.1) is 0 Å². The van der Waals surface area contributed by atoms with E-state index in [4.69, 9.17) is 27.9 Å². The topological polar surface area (TPSA) is 132 Å². The molecule has 4 N–H and O–H groups in total. The fourth-order valence-corrected chi connectivity index (χ4v) is 3.88. The van der Waals surface area contributed by atoms with Gasteiger partial charge in [-0.1, -0.05) is 23.2 Å². The Labute approximate surface area is 168 Å². The predicted molar refractivity (Wildman–Crippen MR) is 98.5 cm³/mol. The van der Waals surface area contributed by atoms with Crippen LogP contribution in [0.3, 0.4) is 0 Å². The molecule has 1 aromatic carbocycles. The summed E-state index contributed by atoms with van der Waals surface area (Å²) in [5, 5.41) is 34.1. The first-order chi connectivity index (χ1) is 13.4. The molecule has 148 valence electrons. The summed E-state index contributed by atoms with van der Waals surface area (Å²) in [7, 11) is 0. The van der Waals surface area contributed by atoms with Crippen molar-refractivity contribution < 1.29 is 20.1 Å². The van der Waals surface area contributed by atoms with Crippen molar-refractivity contribution in [1.29, 1.82) is 0 Å². The normalized spacial score (nSPS) is 30.9. The van der Waals surface area contributed by atoms with E-state index in [0.717, 1.165) is 12.8 Å². The zero-order chi connectivity index (χ0) is 19.6. The van der Waals surface area contributed by atoms with Gasteiger partial charge in [0.05, 0.1) is 27.7 Å². The van der Waals surface area contributed by atoms with Crippen LogP contribution in [0, 0.1) is 0 Å². The van der Waals surface area contributed by atoms with E-state index in [2.05, 4.69) is 25.3 Å². The quantitative estimate of drug-likeness (QED) is 0.497. The number of hydrogen-bond donors (Lipinski definition) is 4. The Hall–Kier alpha value is -1.46. The second kappa shape index (κ2) is 6.53. The largest absolute Gasteiger partial charge is 0.394 e. The maximum atomic E-state index is 10.5. The van der Waals surface area contributed by atoms with Crippen molar-refractivity contribution in [3.05, 3.63) is 33.2 Å². The van der Waals surface area contributed by atoms with E-state index in [-0.39, 0.29) is 17.0 Å². The van der Waals surface area contributed by atoms with Crippen molar-refractivity contribution in [3.8, 4) is 0 Å². The van der Waals surface area contributed by atoms with E-state index in [9.17, 15) is 15.3 Å². The van der Waals surface area contributed by atoms with Crippen LogP contribution in [0.4, 0.5) is 0 Å². The molecule has 3 aliphatic rings. The molecule has 3 heterocycles. The minimum atomic E-state index is -1.39. The Bertz CT molecular complexity index is 1020. The number of fused-ring (bicyclic) bond motifs is 2. The average molecular weight is 426 g/mol. The highest BCUT2D eigenvalue weighted by Gasteiger charge is 2.56. The minimum absolute atomic E-state index is 0.154. The summed E-state index contributed by atoms with van der Waals surface area (Å²) in [5.41, 5.74) is 1.57. The predicted octanol–water partition coefficient (Wildman–Crippen LogP) is -0.923. The summed E-state index contributed by atoms with van der Waals surface area (Å²) in [4.78, 5) is 18.2. The molecule has 0 amide bonds. The molecule has 0 radical (unpaired) electrons. The van der Waals surface area contributed by atoms with E-state index in [1.165, 1.54) is 0 Å². The molecular formula is C17H17Cl2N5O4. The maximum Gasteiger partial charge on any atom is 0.238 e. The first-order valence-electron chi connectivity index (χ1n) is 8.93. The summed E-state index contributed by atoms with van der Waals surface area (Å²) in [6.07, 6.45) is -2.60. The van der Waals surface area contributed by atoms with E-state index < -0.39 is 36.8 Å². The fourth-order valence-electron chi connectivity index (χ4n) is 3.57. The number of nitrogens with one attached hydrogen (secondary N) is 1. The highest BCUT2D eigenvalue weighted by Crippen LogP contribution is 2.34. The number of nitrogens with zero attached hydrogens (tertiary/aromatic N) is 4. The van der Waals surface area contributed by atoms with Gasteiger partial charge in [0, 0.05) is 6.04 Å². The molecule has 9 nitrogen and oxygen atoms in total. The first kappa shape index (κ1) is 18.6. The van der Waals surface area contributed by atoms with Crippen LogP contribution in [0.5, 0.6) is 0 Å². The first-order valence-corrected chi connectivity index (χ1v) is 9.68. The van der Waals surface area contributed by atoms with E-state index in [1.807, 2.05) is 0 Å². The van der Waals surface area contributed by atoms with E-state index in [0.29, 0.717) is 21.1 Å². The third-order valence-corrected chi connectivity index (χ3v) is 5.88. The summed E-state index contributed by atoms with van der Waals surface area (Å²) in [6, 6.07) is 3.35. The number of aliphatic hydroxyl groups is 3. The molecule has 4 atom stereocenters. The monoisotopic (exact) mass is 425 g/mol. The molecule has 1 aromatic heterocycles. The number of halogens is 2. The highest BCUT2D eigenvalue weighted by atomic mass is 35.5. The molecule has 11 heteroatoms. The van der Waals surface area contributed by atoms with Gasteiger partial charge in [0.2, 0.25) is 5.79 Å². The number of ether oxygens (including phenoxy) is 1. The molecule has 5 rings (SSSR count). The summed E-state index contributed by atoms with van der Waals surface area (Å²) < 4.78 is 5.72. The highest BCUT2D eigenvalue weighted by molar-refractivity contribution is 6.42. The van der Waals surface area contributed by atoms with E-state index in [1.54, 1.807) is 12.1 Å². The SMILES string of the molecule is OCC1OC(C2(NC3CC3)N=c3nc4cc(Cl)c(Cl)cc4nc3=N2)C(O)C1O. The molecule has 2 fully saturated rings. The second-order valence-electron chi connectivity index (χ2n) is 7.25. The van der Waals surface area contributed by atoms with Gasteiger partial charge in [0.15, 0.2) is 11.0 Å². The lowest BCUT2D eigenvalue weighted by molar-refractivity contribution is -0.0585. The summed E-state index contributed by atoms with van der Waals surface area (Å²) in [6.45, 7) is -0.432. The number of aliphatic hydroxyl groups excluding tert-OH is 3. The van der Waals surface area contributed by atoms with Crippen LogP contribution in [0.15, 0.2) is 22.1 Å². The molecule has 2 aliphatic heterocycles. The van der Waals surface area contributed by atoms with Crippen LogP contribution in [0.25, 0.3) is 11.0 Å². The van der Waals surface area contributed by atoms with Crippen molar-refractivity contribution in [3.63, 3.8) is 0 Å². The Balaban J connectivity index is 1.65. The van der Waals surface area contributed by atoms with Gasteiger partial charge >= 0.3 is 0 Å².